The highest BCUT2D eigenvalue weighted by atomic mass is 35.5. The number of rotatable bonds is 4. The summed E-state index contributed by atoms with van der Waals surface area (Å²) in [4.78, 5) is 4.70. The van der Waals surface area contributed by atoms with Gasteiger partial charge >= 0.3 is 0 Å². The number of aromatic nitrogens is 2. The minimum Gasteiger partial charge on any atom is -0.494 e. The smallest absolute Gasteiger partial charge is 0.146 e. The Balaban J connectivity index is 2.28. The Labute approximate surface area is 118 Å². The summed E-state index contributed by atoms with van der Waals surface area (Å²) < 4.78 is 7.78. The Morgan fingerprint density at radius 3 is 2.74 bits per heavy atom. The first-order chi connectivity index (χ1) is 9.25. The molecule has 2 aromatic rings. The summed E-state index contributed by atoms with van der Waals surface area (Å²) in [5, 5.41) is 0. The number of hydrogen-bond donors (Lipinski definition) is 0. The summed E-state index contributed by atoms with van der Waals surface area (Å²) in [6, 6.07) is 6.10. The van der Waals surface area contributed by atoms with Crippen LogP contribution in [0.25, 0.3) is 11.0 Å². The van der Waals surface area contributed by atoms with Gasteiger partial charge in [0.2, 0.25) is 0 Å². The van der Waals surface area contributed by atoms with Crippen LogP contribution in [0, 0.1) is 0 Å². The third-order valence-corrected chi connectivity index (χ3v) is 4.71. The van der Waals surface area contributed by atoms with Crippen molar-refractivity contribution in [2.45, 2.75) is 44.0 Å². The van der Waals surface area contributed by atoms with E-state index < -0.39 is 0 Å². The Morgan fingerprint density at radius 1 is 1.42 bits per heavy atom. The van der Waals surface area contributed by atoms with Gasteiger partial charge in [0, 0.05) is 5.54 Å². The van der Waals surface area contributed by atoms with Crippen molar-refractivity contribution < 1.29 is 4.74 Å². The van der Waals surface area contributed by atoms with Crippen LogP contribution in [0.4, 0.5) is 0 Å². The topological polar surface area (TPSA) is 27.1 Å². The van der Waals surface area contributed by atoms with Gasteiger partial charge in [-0.3, -0.25) is 0 Å². The van der Waals surface area contributed by atoms with E-state index >= 15 is 0 Å². The van der Waals surface area contributed by atoms with Crippen LogP contribution in [-0.4, -0.2) is 16.7 Å². The standard InChI is InChI=1S/C15H19ClN2O/c1-3-15(8-5-9-15)18-11-6-4-7-12(19-2)14(11)17-13(18)10-16/h4,6-7H,3,5,8-10H2,1-2H3. The van der Waals surface area contributed by atoms with Crippen molar-refractivity contribution in [2.75, 3.05) is 7.11 Å². The van der Waals surface area contributed by atoms with Gasteiger partial charge in [-0.1, -0.05) is 13.0 Å². The number of para-hydroxylation sites is 1. The zero-order valence-electron chi connectivity index (χ0n) is 11.4. The normalized spacial score (nSPS) is 17.4. The second-order valence-corrected chi connectivity index (χ2v) is 5.52. The van der Waals surface area contributed by atoms with Gasteiger partial charge in [-0.2, -0.15) is 0 Å². The Morgan fingerprint density at radius 2 is 2.21 bits per heavy atom. The highest BCUT2D eigenvalue weighted by Gasteiger charge is 2.39. The van der Waals surface area contributed by atoms with Crippen molar-refractivity contribution in [3.05, 3.63) is 24.0 Å². The average Bonchev–Trinajstić information content (AvgIpc) is 2.77. The summed E-state index contributed by atoms with van der Waals surface area (Å²) in [6.45, 7) is 2.25. The van der Waals surface area contributed by atoms with Crippen LogP contribution >= 0.6 is 11.6 Å². The summed E-state index contributed by atoms with van der Waals surface area (Å²) >= 11 is 6.12. The Kier molecular flexibility index (Phi) is 3.17. The van der Waals surface area contributed by atoms with E-state index in [0.29, 0.717) is 5.88 Å². The maximum Gasteiger partial charge on any atom is 0.146 e. The van der Waals surface area contributed by atoms with Crippen LogP contribution in [0.1, 0.15) is 38.4 Å². The molecule has 0 amide bonds. The number of hydrogen-bond acceptors (Lipinski definition) is 2. The lowest BCUT2D eigenvalue weighted by Gasteiger charge is -2.44. The molecule has 4 heteroatoms. The molecule has 1 aromatic heterocycles. The third kappa shape index (κ3) is 1.75. The fraction of sp³-hybridized carbons (Fsp3) is 0.533. The molecule has 1 fully saturated rings. The molecule has 3 rings (SSSR count). The number of ether oxygens (including phenoxy) is 1. The van der Waals surface area contributed by atoms with Gasteiger partial charge < -0.3 is 9.30 Å². The predicted octanol–water partition coefficient (Wildman–Crippen LogP) is 4.07. The number of imidazole rings is 1. The van der Waals surface area contributed by atoms with E-state index in [1.807, 2.05) is 12.1 Å². The molecule has 19 heavy (non-hydrogen) atoms. The van der Waals surface area contributed by atoms with Crippen molar-refractivity contribution in [3.63, 3.8) is 0 Å². The van der Waals surface area contributed by atoms with Crippen molar-refractivity contribution in [2.24, 2.45) is 0 Å². The number of halogens is 1. The van der Waals surface area contributed by atoms with Crippen LogP contribution in [0.3, 0.4) is 0 Å². The Hall–Kier alpha value is -1.22. The lowest BCUT2D eigenvalue weighted by Crippen LogP contribution is -2.40. The minimum atomic E-state index is 0.214. The van der Waals surface area contributed by atoms with Crippen LogP contribution in [0.2, 0.25) is 0 Å². The molecule has 3 nitrogen and oxygen atoms in total. The number of benzene rings is 1. The second-order valence-electron chi connectivity index (χ2n) is 5.26. The quantitative estimate of drug-likeness (QED) is 0.788. The molecule has 0 spiro atoms. The van der Waals surface area contributed by atoms with Gasteiger partial charge in [0.1, 0.15) is 17.1 Å². The largest absolute Gasteiger partial charge is 0.494 e. The summed E-state index contributed by atoms with van der Waals surface area (Å²) in [5.41, 5.74) is 2.29. The first-order valence-electron chi connectivity index (χ1n) is 6.86. The van der Waals surface area contributed by atoms with E-state index in [1.54, 1.807) is 7.11 Å². The van der Waals surface area contributed by atoms with Crippen LogP contribution in [0.15, 0.2) is 18.2 Å². The van der Waals surface area contributed by atoms with Gasteiger partial charge in [0.15, 0.2) is 0 Å². The van der Waals surface area contributed by atoms with Gasteiger partial charge in [0.05, 0.1) is 18.5 Å². The maximum absolute atomic E-state index is 6.12. The first-order valence-corrected chi connectivity index (χ1v) is 7.40. The minimum absolute atomic E-state index is 0.214. The summed E-state index contributed by atoms with van der Waals surface area (Å²) in [6.07, 6.45) is 4.85. The maximum atomic E-state index is 6.12. The zero-order chi connectivity index (χ0) is 13.5. The van der Waals surface area contributed by atoms with Gasteiger partial charge in [-0.05, 0) is 37.8 Å². The third-order valence-electron chi connectivity index (χ3n) is 4.47. The fourth-order valence-corrected chi connectivity index (χ4v) is 3.40. The van der Waals surface area contributed by atoms with Gasteiger partial charge in [-0.15, -0.1) is 11.6 Å². The second kappa shape index (κ2) is 4.71. The van der Waals surface area contributed by atoms with E-state index in [9.17, 15) is 0 Å². The SMILES string of the molecule is CCC1(n2c(CCl)nc3c(OC)cccc32)CCC1. The molecule has 1 saturated carbocycles. The van der Waals surface area contributed by atoms with Crippen LogP contribution in [0.5, 0.6) is 5.75 Å². The molecule has 0 N–H and O–H groups in total. The van der Waals surface area contributed by atoms with Crippen LogP contribution in [-0.2, 0) is 11.4 Å². The van der Waals surface area contributed by atoms with Crippen molar-refractivity contribution in [1.82, 2.24) is 9.55 Å². The van der Waals surface area contributed by atoms with E-state index in [0.717, 1.165) is 29.0 Å². The molecular formula is C15H19ClN2O. The van der Waals surface area contributed by atoms with E-state index in [-0.39, 0.29) is 5.54 Å². The lowest BCUT2D eigenvalue weighted by molar-refractivity contribution is 0.138. The fourth-order valence-electron chi connectivity index (χ4n) is 3.23. The molecule has 1 heterocycles. The number of fused-ring (bicyclic) bond motifs is 1. The first kappa shape index (κ1) is 12.8. The molecule has 1 aliphatic rings. The number of methoxy groups -OCH3 is 1. The van der Waals surface area contributed by atoms with Crippen molar-refractivity contribution in [3.8, 4) is 5.75 Å². The predicted molar refractivity (Wildman–Crippen MR) is 78.0 cm³/mol. The van der Waals surface area contributed by atoms with E-state index in [2.05, 4.69) is 17.6 Å². The molecule has 1 aromatic carbocycles. The average molecular weight is 279 g/mol. The van der Waals surface area contributed by atoms with Crippen molar-refractivity contribution in [1.29, 1.82) is 0 Å². The monoisotopic (exact) mass is 278 g/mol. The lowest BCUT2D eigenvalue weighted by atomic mass is 9.74. The zero-order valence-corrected chi connectivity index (χ0v) is 12.2. The van der Waals surface area contributed by atoms with E-state index in [4.69, 9.17) is 21.3 Å². The summed E-state index contributed by atoms with van der Waals surface area (Å²) in [5.74, 6) is 2.23. The molecule has 0 unspecified atom stereocenters. The van der Waals surface area contributed by atoms with Crippen LogP contribution < -0.4 is 4.74 Å². The molecule has 1 aliphatic carbocycles. The molecule has 0 radical (unpaired) electrons. The molecule has 0 atom stereocenters. The molecular weight excluding hydrogens is 260 g/mol. The molecule has 0 aliphatic heterocycles. The van der Waals surface area contributed by atoms with Gasteiger partial charge in [0.25, 0.3) is 0 Å². The highest BCUT2D eigenvalue weighted by Crippen LogP contribution is 2.45. The number of nitrogens with zero attached hydrogens (tertiary/aromatic N) is 2. The molecule has 102 valence electrons. The van der Waals surface area contributed by atoms with Gasteiger partial charge in [-0.25, -0.2) is 4.98 Å². The van der Waals surface area contributed by atoms with E-state index in [1.165, 1.54) is 19.3 Å². The molecule has 0 bridgehead atoms. The molecule has 0 saturated heterocycles. The summed E-state index contributed by atoms with van der Waals surface area (Å²) in [7, 11) is 1.69. The number of alkyl halides is 1. The Bertz CT molecular complexity index is 596. The highest BCUT2D eigenvalue weighted by molar-refractivity contribution is 6.16. The van der Waals surface area contributed by atoms with Crippen molar-refractivity contribution >= 4 is 22.6 Å².